The zero-order valence-electron chi connectivity index (χ0n) is 16.3. The predicted octanol–water partition coefficient (Wildman–Crippen LogP) is 4.15. The van der Waals surface area contributed by atoms with Gasteiger partial charge in [0.25, 0.3) is 0 Å². The minimum Gasteiger partial charge on any atom is -0.361 e. The summed E-state index contributed by atoms with van der Waals surface area (Å²) in [5.41, 5.74) is 2.21. The van der Waals surface area contributed by atoms with Gasteiger partial charge in [-0.05, 0) is 56.5 Å². The van der Waals surface area contributed by atoms with Gasteiger partial charge in [0.05, 0.1) is 0 Å². The van der Waals surface area contributed by atoms with E-state index in [4.69, 9.17) is 0 Å². The van der Waals surface area contributed by atoms with Crippen molar-refractivity contribution in [3.05, 3.63) is 47.9 Å². The molecule has 2 atom stereocenters. The largest absolute Gasteiger partial charge is 0.361 e. The second kappa shape index (κ2) is 7.43. The summed E-state index contributed by atoms with van der Waals surface area (Å²) in [6.07, 6.45) is 5.94. The van der Waals surface area contributed by atoms with Crippen molar-refractivity contribution >= 4 is 10.9 Å². The number of benzene rings is 1. The number of nitrogens with one attached hydrogen (secondary N) is 1. The van der Waals surface area contributed by atoms with Gasteiger partial charge in [0.1, 0.15) is 18.0 Å². The average Bonchev–Trinajstić information content (AvgIpc) is 3.33. The predicted molar refractivity (Wildman–Crippen MR) is 105 cm³/mol. The van der Waals surface area contributed by atoms with E-state index in [0.29, 0.717) is 17.9 Å². The number of H-pyrrole nitrogens is 1. The maximum atomic E-state index is 13.5. The van der Waals surface area contributed by atoms with E-state index in [1.165, 1.54) is 5.56 Å². The van der Waals surface area contributed by atoms with Gasteiger partial charge in [-0.1, -0.05) is 6.92 Å². The number of aryl methyl sites for hydroxylation is 1. The molecule has 0 radical (unpaired) electrons. The Morgan fingerprint density at radius 1 is 1.30 bits per heavy atom. The molecule has 0 aliphatic carbocycles. The van der Waals surface area contributed by atoms with Crippen molar-refractivity contribution in [2.45, 2.75) is 45.6 Å². The Bertz CT molecular complexity index is 912. The maximum absolute atomic E-state index is 13.5. The summed E-state index contributed by atoms with van der Waals surface area (Å²) < 4.78 is 15.6. The van der Waals surface area contributed by atoms with Crippen molar-refractivity contribution in [2.24, 2.45) is 5.92 Å². The van der Waals surface area contributed by atoms with Crippen LogP contribution >= 0.6 is 0 Å². The Balaban J connectivity index is 1.39. The van der Waals surface area contributed by atoms with E-state index in [-0.39, 0.29) is 5.82 Å². The van der Waals surface area contributed by atoms with Crippen LogP contribution in [-0.4, -0.2) is 44.3 Å². The van der Waals surface area contributed by atoms with E-state index in [1.54, 1.807) is 12.1 Å². The van der Waals surface area contributed by atoms with Crippen LogP contribution in [0.5, 0.6) is 0 Å². The van der Waals surface area contributed by atoms with Gasteiger partial charge in [-0.15, -0.1) is 10.2 Å². The van der Waals surface area contributed by atoms with Crippen molar-refractivity contribution in [1.29, 1.82) is 0 Å². The molecule has 6 heteroatoms. The molecule has 4 rings (SSSR count). The molecule has 1 fully saturated rings. The number of likely N-dealkylation sites (tertiary alicyclic amines) is 1. The second-order valence-corrected chi connectivity index (χ2v) is 8.13. The molecule has 1 N–H and O–H groups in total. The van der Waals surface area contributed by atoms with Gasteiger partial charge < -0.3 is 14.5 Å². The van der Waals surface area contributed by atoms with Gasteiger partial charge in [-0.2, -0.15) is 0 Å². The first-order valence-electron chi connectivity index (χ1n) is 9.90. The van der Waals surface area contributed by atoms with Crippen LogP contribution in [0.25, 0.3) is 10.9 Å². The third kappa shape index (κ3) is 3.63. The van der Waals surface area contributed by atoms with Gasteiger partial charge >= 0.3 is 0 Å². The number of aromatic nitrogens is 4. The summed E-state index contributed by atoms with van der Waals surface area (Å²) in [6.45, 7) is 9.88. The fourth-order valence-corrected chi connectivity index (χ4v) is 4.42. The van der Waals surface area contributed by atoms with Crippen molar-refractivity contribution in [3.8, 4) is 0 Å². The van der Waals surface area contributed by atoms with Crippen LogP contribution in [0, 0.1) is 11.7 Å². The molecular weight excluding hydrogens is 341 g/mol. The Kier molecular flexibility index (Phi) is 5.00. The van der Waals surface area contributed by atoms with Crippen LogP contribution in [0.1, 0.15) is 50.5 Å². The Labute approximate surface area is 159 Å². The fraction of sp³-hybridized carbons (Fsp3) is 0.524. The summed E-state index contributed by atoms with van der Waals surface area (Å²) in [5, 5.41) is 9.48. The number of halogens is 1. The second-order valence-electron chi connectivity index (χ2n) is 8.13. The normalized spacial score (nSPS) is 20.9. The fourth-order valence-electron chi connectivity index (χ4n) is 4.42. The molecule has 144 valence electrons. The van der Waals surface area contributed by atoms with Crippen LogP contribution in [0.2, 0.25) is 0 Å². The first kappa shape index (κ1) is 18.2. The molecule has 0 saturated carbocycles. The maximum Gasteiger partial charge on any atom is 0.133 e. The molecule has 0 spiro atoms. The van der Waals surface area contributed by atoms with E-state index in [0.717, 1.165) is 49.2 Å². The SMILES string of the molecule is CC1CN(CCCc2nncn2C(C)C)CC1c1c[nH]c2cc(F)ccc12. The van der Waals surface area contributed by atoms with Crippen molar-refractivity contribution in [1.82, 2.24) is 24.6 Å². The smallest absolute Gasteiger partial charge is 0.133 e. The Morgan fingerprint density at radius 3 is 2.96 bits per heavy atom. The number of aromatic amines is 1. The van der Waals surface area contributed by atoms with E-state index < -0.39 is 0 Å². The summed E-state index contributed by atoms with van der Waals surface area (Å²) in [5.74, 6) is 1.97. The Morgan fingerprint density at radius 2 is 2.15 bits per heavy atom. The lowest BCUT2D eigenvalue weighted by molar-refractivity contribution is 0.320. The highest BCUT2D eigenvalue weighted by Crippen LogP contribution is 2.36. The molecule has 1 saturated heterocycles. The third-order valence-electron chi connectivity index (χ3n) is 5.84. The molecule has 2 unspecified atom stereocenters. The number of rotatable bonds is 6. The molecule has 1 aliphatic rings. The van der Waals surface area contributed by atoms with Crippen LogP contribution in [0.15, 0.2) is 30.7 Å². The summed E-state index contributed by atoms with van der Waals surface area (Å²) >= 11 is 0. The molecule has 3 heterocycles. The van der Waals surface area contributed by atoms with E-state index in [2.05, 4.69) is 51.6 Å². The molecule has 1 aromatic carbocycles. The number of hydrogen-bond acceptors (Lipinski definition) is 3. The molecule has 5 nitrogen and oxygen atoms in total. The average molecular weight is 369 g/mol. The van der Waals surface area contributed by atoms with E-state index in [1.807, 2.05) is 12.4 Å². The van der Waals surface area contributed by atoms with Gasteiger partial charge in [-0.3, -0.25) is 0 Å². The first-order valence-corrected chi connectivity index (χ1v) is 9.90. The summed E-state index contributed by atoms with van der Waals surface area (Å²) in [7, 11) is 0. The quantitative estimate of drug-likeness (QED) is 0.710. The van der Waals surface area contributed by atoms with Crippen molar-refractivity contribution in [2.75, 3.05) is 19.6 Å². The molecule has 0 amide bonds. The Hall–Kier alpha value is -2.21. The van der Waals surface area contributed by atoms with Crippen LogP contribution in [0.4, 0.5) is 4.39 Å². The van der Waals surface area contributed by atoms with Crippen LogP contribution in [-0.2, 0) is 6.42 Å². The van der Waals surface area contributed by atoms with Crippen LogP contribution < -0.4 is 0 Å². The molecule has 3 aromatic rings. The topological polar surface area (TPSA) is 49.7 Å². The standard InChI is InChI=1S/C21H28FN5/c1-14(2)27-13-24-25-21(27)5-4-8-26-11-15(3)19(12-26)18-10-23-20-9-16(22)6-7-17(18)20/h6-7,9-10,13-15,19,23H,4-5,8,11-12H2,1-3H3. The van der Waals surface area contributed by atoms with Gasteiger partial charge in [-0.25, -0.2) is 4.39 Å². The van der Waals surface area contributed by atoms with Crippen molar-refractivity contribution < 1.29 is 4.39 Å². The lowest BCUT2D eigenvalue weighted by atomic mass is 9.90. The summed E-state index contributed by atoms with van der Waals surface area (Å²) in [6, 6.07) is 5.45. The lowest BCUT2D eigenvalue weighted by Gasteiger charge is -2.16. The highest BCUT2D eigenvalue weighted by atomic mass is 19.1. The van der Waals surface area contributed by atoms with Gasteiger partial charge in [0.15, 0.2) is 0 Å². The van der Waals surface area contributed by atoms with Gasteiger partial charge in [0, 0.05) is 48.6 Å². The zero-order chi connectivity index (χ0) is 19.0. The van der Waals surface area contributed by atoms with Crippen LogP contribution in [0.3, 0.4) is 0 Å². The lowest BCUT2D eigenvalue weighted by Crippen LogP contribution is -2.22. The first-order chi connectivity index (χ1) is 13.0. The number of hydrogen-bond donors (Lipinski definition) is 1. The molecular formula is C21H28FN5. The molecule has 1 aliphatic heterocycles. The molecule has 27 heavy (non-hydrogen) atoms. The highest BCUT2D eigenvalue weighted by molar-refractivity contribution is 5.83. The number of nitrogens with zero attached hydrogens (tertiary/aromatic N) is 4. The monoisotopic (exact) mass is 369 g/mol. The summed E-state index contributed by atoms with van der Waals surface area (Å²) in [4.78, 5) is 5.79. The van der Waals surface area contributed by atoms with Gasteiger partial charge in [0.2, 0.25) is 0 Å². The third-order valence-corrected chi connectivity index (χ3v) is 5.84. The number of fused-ring (bicyclic) bond motifs is 1. The molecule has 0 bridgehead atoms. The van der Waals surface area contributed by atoms with Crippen molar-refractivity contribution in [3.63, 3.8) is 0 Å². The van der Waals surface area contributed by atoms with E-state index >= 15 is 0 Å². The molecule has 2 aromatic heterocycles. The minimum atomic E-state index is -0.189. The van der Waals surface area contributed by atoms with E-state index in [9.17, 15) is 4.39 Å². The minimum absolute atomic E-state index is 0.189. The zero-order valence-corrected chi connectivity index (χ0v) is 16.3. The highest BCUT2D eigenvalue weighted by Gasteiger charge is 2.31.